The van der Waals surface area contributed by atoms with Crippen molar-refractivity contribution in [3.05, 3.63) is 12.2 Å². The summed E-state index contributed by atoms with van der Waals surface area (Å²) < 4.78 is 0. The van der Waals surface area contributed by atoms with Gasteiger partial charge in [-0.2, -0.15) is 0 Å². The minimum Gasteiger partial charge on any atom is -0.481 e. The number of carbonyl (C=O) groups is 1. The van der Waals surface area contributed by atoms with Crippen molar-refractivity contribution in [1.29, 1.82) is 0 Å². The van der Waals surface area contributed by atoms with E-state index in [0.717, 1.165) is 12.8 Å². The zero-order chi connectivity index (χ0) is 9.90. The molecule has 2 unspecified atom stereocenters. The summed E-state index contributed by atoms with van der Waals surface area (Å²) in [4.78, 5) is 10.9. The maximum atomic E-state index is 10.9. The average Bonchev–Trinajstić information content (AvgIpc) is 2.48. The fourth-order valence-electron chi connectivity index (χ4n) is 1.85. The van der Waals surface area contributed by atoms with Crippen molar-refractivity contribution < 1.29 is 15.0 Å². The van der Waals surface area contributed by atoms with Gasteiger partial charge in [-0.25, -0.2) is 0 Å². The summed E-state index contributed by atoms with van der Waals surface area (Å²) in [7, 11) is 0. The lowest BCUT2D eigenvalue weighted by Crippen LogP contribution is -2.39. The lowest BCUT2D eigenvalue weighted by Gasteiger charge is -2.27. The molecule has 0 spiro atoms. The predicted molar refractivity (Wildman–Crippen MR) is 49.4 cm³/mol. The zero-order valence-electron chi connectivity index (χ0n) is 7.86. The maximum absolute atomic E-state index is 10.9. The second-order valence-electron chi connectivity index (χ2n) is 3.61. The van der Waals surface area contributed by atoms with Gasteiger partial charge in [0.05, 0.1) is 11.5 Å². The van der Waals surface area contributed by atoms with E-state index in [9.17, 15) is 9.90 Å². The fourth-order valence-corrected chi connectivity index (χ4v) is 1.85. The molecule has 3 nitrogen and oxygen atoms in total. The van der Waals surface area contributed by atoms with Gasteiger partial charge < -0.3 is 10.2 Å². The molecule has 3 heteroatoms. The smallest absolute Gasteiger partial charge is 0.309 e. The van der Waals surface area contributed by atoms with Crippen molar-refractivity contribution >= 4 is 5.97 Å². The van der Waals surface area contributed by atoms with Crippen molar-refractivity contribution in [3.8, 4) is 0 Å². The molecule has 1 aliphatic rings. The van der Waals surface area contributed by atoms with Gasteiger partial charge in [-0.05, 0) is 19.3 Å². The van der Waals surface area contributed by atoms with E-state index in [1.54, 1.807) is 6.08 Å². The molecular weight excluding hydrogens is 168 g/mol. The maximum Gasteiger partial charge on any atom is 0.309 e. The van der Waals surface area contributed by atoms with Gasteiger partial charge in [0.15, 0.2) is 0 Å². The van der Waals surface area contributed by atoms with Crippen LogP contribution in [0.4, 0.5) is 0 Å². The third-order valence-electron chi connectivity index (χ3n) is 2.60. The highest BCUT2D eigenvalue weighted by molar-refractivity contribution is 5.72. The summed E-state index contributed by atoms with van der Waals surface area (Å²) in [5.41, 5.74) is -1.10. The quantitative estimate of drug-likeness (QED) is 0.652. The van der Waals surface area contributed by atoms with Gasteiger partial charge in [0.1, 0.15) is 0 Å². The lowest BCUT2D eigenvalue weighted by molar-refractivity contribution is -0.149. The largest absolute Gasteiger partial charge is 0.481 e. The highest BCUT2D eigenvalue weighted by Crippen LogP contribution is 2.33. The Morgan fingerprint density at radius 2 is 2.38 bits per heavy atom. The third kappa shape index (κ3) is 2.10. The Morgan fingerprint density at radius 1 is 1.69 bits per heavy atom. The van der Waals surface area contributed by atoms with Gasteiger partial charge in [0, 0.05) is 0 Å². The van der Waals surface area contributed by atoms with Crippen LogP contribution >= 0.6 is 0 Å². The summed E-state index contributed by atoms with van der Waals surface area (Å²) in [5, 5.41) is 18.9. The molecule has 2 N–H and O–H groups in total. The van der Waals surface area contributed by atoms with Gasteiger partial charge in [-0.3, -0.25) is 4.79 Å². The summed E-state index contributed by atoms with van der Waals surface area (Å²) >= 11 is 0. The number of allylic oxidation sites excluding steroid dienone is 1. The Morgan fingerprint density at radius 3 is 2.77 bits per heavy atom. The molecule has 0 aromatic carbocycles. The number of hydrogen-bond acceptors (Lipinski definition) is 2. The van der Waals surface area contributed by atoms with Crippen LogP contribution in [-0.2, 0) is 4.79 Å². The van der Waals surface area contributed by atoms with E-state index in [-0.39, 0.29) is 0 Å². The molecule has 1 aliphatic carbocycles. The third-order valence-corrected chi connectivity index (χ3v) is 2.60. The number of carboxylic acids is 1. The Hall–Kier alpha value is -0.830. The first-order chi connectivity index (χ1) is 6.10. The number of hydrogen-bond donors (Lipinski definition) is 2. The summed E-state index contributed by atoms with van der Waals surface area (Å²) in [6.07, 6.45) is 6.14. The SMILES string of the molecule is CCCC(C(=O)O)C1(O)C=CCC1. The van der Waals surface area contributed by atoms with Crippen LogP contribution in [0.3, 0.4) is 0 Å². The van der Waals surface area contributed by atoms with E-state index in [1.165, 1.54) is 0 Å². The molecule has 0 fully saturated rings. The van der Waals surface area contributed by atoms with Crippen LogP contribution in [0.25, 0.3) is 0 Å². The van der Waals surface area contributed by atoms with E-state index in [4.69, 9.17) is 5.11 Å². The number of aliphatic hydroxyl groups is 1. The van der Waals surface area contributed by atoms with Gasteiger partial charge in [-0.1, -0.05) is 25.5 Å². The first-order valence-corrected chi connectivity index (χ1v) is 4.73. The molecule has 0 radical (unpaired) electrons. The minimum atomic E-state index is -1.10. The second-order valence-corrected chi connectivity index (χ2v) is 3.61. The number of aliphatic carboxylic acids is 1. The van der Waals surface area contributed by atoms with Crippen LogP contribution in [0.1, 0.15) is 32.6 Å². The van der Waals surface area contributed by atoms with Gasteiger partial charge in [0.25, 0.3) is 0 Å². The molecule has 0 amide bonds. The molecule has 0 bridgehead atoms. The normalized spacial score (nSPS) is 29.1. The topological polar surface area (TPSA) is 57.5 Å². The van der Waals surface area contributed by atoms with Crippen molar-refractivity contribution in [3.63, 3.8) is 0 Å². The Bertz CT molecular complexity index is 222. The molecule has 0 heterocycles. The fraction of sp³-hybridized carbons (Fsp3) is 0.700. The van der Waals surface area contributed by atoms with Gasteiger partial charge >= 0.3 is 5.97 Å². The average molecular weight is 184 g/mol. The summed E-state index contributed by atoms with van der Waals surface area (Å²) in [6, 6.07) is 0. The Labute approximate surface area is 78.1 Å². The molecule has 0 aromatic heterocycles. The highest BCUT2D eigenvalue weighted by Gasteiger charge is 2.39. The van der Waals surface area contributed by atoms with Crippen LogP contribution in [0, 0.1) is 5.92 Å². The second kappa shape index (κ2) is 3.92. The van der Waals surface area contributed by atoms with Crippen LogP contribution in [0.5, 0.6) is 0 Å². The summed E-state index contributed by atoms with van der Waals surface area (Å²) in [6.45, 7) is 1.93. The molecule has 0 aromatic rings. The zero-order valence-corrected chi connectivity index (χ0v) is 7.86. The van der Waals surface area contributed by atoms with Gasteiger partial charge in [-0.15, -0.1) is 0 Å². The molecule has 0 aliphatic heterocycles. The van der Waals surface area contributed by atoms with E-state index in [2.05, 4.69) is 0 Å². The molecule has 74 valence electrons. The molecule has 2 atom stereocenters. The highest BCUT2D eigenvalue weighted by atomic mass is 16.4. The summed E-state index contributed by atoms with van der Waals surface area (Å²) in [5.74, 6) is -1.54. The molecular formula is C10H16O3. The number of rotatable bonds is 4. The Kier molecular flexibility index (Phi) is 3.09. The predicted octanol–water partition coefficient (Wildman–Crippen LogP) is 1.57. The lowest BCUT2D eigenvalue weighted by atomic mass is 9.84. The van der Waals surface area contributed by atoms with Crippen molar-refractivity contribution in [1.82, 2.24) is 0 Å². The van der Waals surface area contributed by atoms with E-state index >= 15 is 0 Å². The first-order valence-electron chi connectivity index (χ1n) is 4.73. The monoisotopic (exact) mass is 184 g/mol. The first kappa shape index (κ1) is 10.3. The molecule has 0 saturated carbocycles. The standard InChI is InChI=1S/C10H16O3/c1-2-5-8(9(11)12)10(13)6-3-4-7-10/h3,6,8,13H,2,4-5,7H2,1H3,(H,11,12). The number of carboxylic acid groups (broad SMARTS) is 1. The minimum absolute atomic E-state index is 0.538. The molecule has 0 saturated heterocycles. The van der Waals surface area contributed by atoms with Crippen molar-refractivity contribution in [2.75, 3.05) is 0 Å². The van der Waals surface area contributed by atoms with Crippen LogP contribution in [-0.4, -0.2) is 21.8 Å². The van der Waals surface area contributed by atoms with Crippen molar-refractivity contribution in [2.45, 2.75) is 38.2 Å². The molecule has 1 rings (SSSR count). The van der Waals surface area contributed by atoms with Gasteiger partial charge in [0.2, 0.25) is 0 Å². The van der Waals surface area contributed by atoms with Crippen LogP contribution < -0.4 is 0 Å². The van der Waals surface area contributed by atoms with Crippen LogP contribution in [0.2, 0.25) is 0 Å². The molecule has 13 heavy (non-hydrogen) atoms. The Balaban J connectivity index is 2.73. The van der Waals surface area contributed by atoms with E-state index in [0.29, 0.717) is 12.8 Å². The van der Waals surface area contributed by atoms with Crippen molar-refractivity contribution in [2.24, 2.45) is 5.92 Å². The van der Waals surface area contributed by atoms with E-state index < -0.39 is 17.5 Å². The van der Waals surface area contributed by atoms with E-state index in [1.807, 2.05) is 13.0 Å². The van der Waals surface area contributed by atoms with Crippen LogP contribution in [0.15, 0.2) is 12.2 Å².